The molecule has 1 atom stereocenters. The van der Waals surface area contributed by atoms with Crippen molar-refractivity contribution in [1.29, 1.82) is 0 Å². The van der Waals surface area contributed by atoms with Gasteiger partial charge in [0.2, 0.25) is 11.7 Å². The van der Waals surface area contributed by atoms with Crippen molar-refractivity contribution in [1.82, 2.24) is 30.5 Å². The Kier molecular flexibility index (Phi) is 8.33. The van der Waals surface area contributed by atoms with Crippen molar-refractivity contribution in [3.8, 4) is 17.1 Å². The second-order valence-electron chi connectivity index (χ2n) is 10.1. The molecule has 0 spiro atoms. The van der Waals surface area contributed by atoms with Gasteiger partial charge in [-0.25, -0.2) is 0 Å². The van der Waals surface area contributed by atoms with Crippen LogP contribution in [-0.2, 0) is 16.1 Å². The first-order chi connectivity index (χ1) is 18.7. The number of nitrogens with zero attached hydrogens (tertiary/aromatic N) is 6. The van der Waals surface area contributed by atoms with E-state index in [4.69, 9.17) is 4.74 Å². The molecule has 10 nitrogen and oxygen atoms in total. The highest BCUT2D eigenvalue weighted by molar-refractivity contribution is 6.02. The summed E-state index contributed by atoms with van der Waals surface area (Å²) in [5.74, 6) is 0.115. The van der Waals surface area contributed by atoms with E-state index in [2.05, 4.69) is 25.7 Å². The number of para-hydroxylation sites is 2. The van der Waals surface area contributed by atoms with Gasteiger partial charge in [0.15, 0.2) is 0 Å². The summed E-state index contributed by atoms with van der Waals surface area (Å²) in [6.45, 7) is 9.67. The topological polar surface area (TPSA) is 115 Å². The molecule has 2 amide bonds. The number of hydrogen-bond acceptors (Lipinski definition) is 7. The van der Waals surface area contributed by atoms with Gasteiger partial charge in [0.25, 0.3) is 5.91 Å². The van der Waals surface area contributed by atoms with Gasteiger partial charge in [-0.15, -0.1) is 10.2 Å². The van der Waals surface area contributed by atoms with Crippen LogP contribution in [0.5, 0.6) is 5.75 Å². The van der Waals surface area contributed by atoms with Gasteiger partial charge in [-0.3, -0.25) is 19.5 Å². The number of anilines is 1. The Bertz CT molecular complexity index is 1410. The second-order valence-corrected chi connectivity index (χ2v) is 10.1. The van der Waals surface area contributed by atoms with Crippen LogP contribution in [0.25, 0.3) is 11.4 Å². The molecule has 2 heterocycles. The van der Waals surface area contributed by atoms with Crippen molar-refractivity contribution in [2.45, 2.75) is 52.7 Å². The standard InChI is InChI=1S/C29H33N7O3/c1-6-39-24-10-8-7-9-23(24)36(26(21-15-17-30-18-16-21)28(38)31-29(3,4)5)25(37)19-35-33-27(32-34-35)22-13-11-20(2)12-14-22/h7-18,26H,6,19H2,1-5H3,(H,31,38). The third-order valence-electron chi connectivity index (χ3n) is 5.76. The largest absolute Gasteiger partial charge is 0.492 e. The molecule has 1 unspecified atom stereocenters. The van der Waals surface area contributed by atoms with E-state index in [0.29, 0.717) is 29.4 Å². The molecule has 10 heteroatoms. The molecule has 0 fully saturated rings. The molecule has 39 heavy (non-hydrogen) atoms. The monoisotopic (exact) mass is 527 g/mol. The lowest BCUT2D eigenvalue weighted by atomic mass is 10.0. The number of aromatic nitrogens is 5. The van der Waals surface area contributed by atoms with Crippen molar-refractivity contribution in [2.24, 2.45) is 0 Å². The number of benzene rings is 2. The first kappa shape index (κ1) is 27.4. The number of pyridine rings is 1. The molecule has 0 aliphatic rings. The predicted molar refractivity (Wildman–Crippen MR) is 148 cm³/mol. The fourth-order valence-corrected chi connectivity index (χ4v) is 4.08. The summed E-state index contributed by atoms with van der Waals surface area (Å²) in [6.07, 6.45) is 3.19. The highest BCUT2D eigenvalue weighted by Gasteiger charge is 2.36. The maximum Gasteiger partial charge on any atom is 0.251 e. The first-order valence-corrected chi connectivity index (χ1v) is 12.8. The molecule has 1 N–H and O–H groups in total. The molecule has 0 saturated carbocycles. The van der Waals surface area contributed by atoms with Gasteiger partial charge < -0.3 is 10.1 Å². The Morgan fingerprint density at radius 1 is 1.03 bits per heavy atom. The SMILES string of the molecule is CCOc1ccccc1N(C(=O)Cn1nnc(-c2ccc(C)cc2)n1)C(C(=O)NC(C)(C)C)c1ccncc1. The Morgan fingerprint density at radius 3 is 2.38 bits per heavy atom. The highest BCUT2D eigenvalue weighted by Crippen LogP contribution is 2.35. The van der Waals surface area contributed by atoms with Crippen molar-refractivity contribution in [3.63, 3.8) is 0 Å². The van der Waals surface area contributed by atoms with Crippen molar-refractivity contribution in [2.75, 3.05) is 11.5 Å². The average molecular weight is 528 g/mol. The third-order valence-corrected chi connectivity index (χ3v) is 5.76. The molecule has 0 saturated heterocycles. The number of rotatable bonds is 9. The van der Waals surface area contributed by atoms with Gasteiger partial charge in [0.05, 0.1) is 12.3 Å². The average Bonchev–Trinajstić information content (AvgIpc) is 3.36. The summed E-state index contributed by atoms with van der Waals surface area (Å²) in [7, 11) is 0. The Balaban J connectivity index is 1.77. The summed E-state index contributed by atoms with van der Waals surface area (Å²) < 4.78 is 5.87. The van der Waals surface area contributed by atoms with E-state index in [1.807, 2.05) is 65.0 Å². The van der Waals surface area contributed by atoms with E-state index < -0.39 is 17.5 Å². The lowest BCUT2D eigenvalue weighted by molar-refractivity contribution is -0.128. The quantitative estimate of drug-likeness (QED) is 0.348. The van der Waals surface area contributed by atoms with E-state index in [9.17, 15) is 9.59 Å². The van der Waals surface area contributed by atoms with Crippen LogP contribution in [0.3, 0.4) is 0 Å². The summed E-state index contributed by atoms with van der Waals surface area (Å²) in [5, 5.41) is 15.7. The van der Waals surface area contributed by atoms with Crippen molar-refractivity contribution >= 4 is 17.5 Å². The van der Waals surface area contributed by atoms with E-state index in [1.54, 1.807) is 42.7 Å². The predicted octanol–water partition coefficient (Wildman–Crippen LogP) is 4.13. The first-order valence-electron chi connectivity index (χ1n) is 12.8. The summed E-state index contributed by atoms with van der Waals surface area (Å²) in [5.41, 5.74) is 2.41. The fraction of sp³-hybridized carbons (Fsp3) is 0.310. The van der Waals surface area contributed by atoms with Crippen LogP contribution in [0.15, 0.2) is 73.1 Å². The molecule has 0 bridgehead atoms. The maximum atomic E-state index is 14.1. The number of ether oxygens (including phenoxy) is 1. The Morgan fingerprint density at radius 2 is 1.72 bits per heavy atom. The number of tetrazole rings is 1. The number of carbonyl (C=O) groups excluding carboxylic acids is 2. The zero-order chi connectivity index (χ0) is 28.0. The minimum Gasteiger partial charge on any atom is -0.492 e. The molecule has 0 radical (unpaired) electrons. The number of aryl methyl sites for hydroxylation is 1. The smallest absolute Gasteiger partial charge is 0.251 e. The van der Waals surface area contributed by atoms with Crippen LogP contribution < -0.4 is 15.0 Å². The number of carbonyl (C=O) groups is 2. The fourth-order valence-electron chi connectivity index (χ4n) is 4.08. The van der Waals surface area contributed by atoms with Gasteiger partial charge in [-0.2, -0.15) is 4.80 Å². The van der Waals surface area contributed by atoms with Crippen LogP contribution >= 0.6 is 0 Å². The molecule has 4 aromatic rings. The lowest BCUT2D eigenvalue weighted by Gasteiger charge is -2.34. The second kappa shape index (κ2) is 11.8. The van der Waals surface area contributed by atoms with Crippen LogP contribution in [0, 0.1) is 6.92 Å². The summed E-state index contributed by atoms with van der Waals surface area (Å²) in [6, 6.07) is 17.3. The zero-order valence-corrected chi connectivity index (χ0v) is 22.8. The summed E-state index contributed by atoms with van der Waals surface area (Å²) >= 11 is 0. The number of nitrogens with one attached hydrogen (secondary N) is 1. The molecular formula is C29H33N7O3. The minimum absolute atomic E-state index is 0.246. The molecule has 0 aliphatic carbocycles. The van der Waals surface area contributed by atoms with Crippen LogP contribution in [-0.4, -0.2) is 49.2 Å². The van der Waals surface area contributed by atoms with Crippen molar-refractivity contribution in [3.05, 3.63) is 84.2 Å². The molecule has 0 aliphatic heterocycles. The molecule has 2 aromatic heterocycles. The number of hydrogen-bond donors (Lipinski definition) is 1. The van der Waals surface area contributed by atoms with E-state index in [0.717, 1.165) is 11.1 Å². The maximum absolute atomic E-state index is 14.1. The van der Waals surface area contributed by atoms with Gasteiger partial charge >= 0.3 is 0 Å². The Labute approximate surface area is 228 Å². The molecule has 4 rings (SSSR count). The highest BCUT2D eigenvalue weighted by atomic mass is 16.5. The van der Waals surface area contributed by atoms with Gasteiger partial charge in [-0.1, -0.05) is 42.0 Å². The Hall–Kier alpha value is -4.60. The van der Waals surface area contributed by atoms with Crippen LogP contribution in [0.2, 0.25) is 0 Å². The summed E-state index contributed by atoms with van der Waals surface area (Å²) in [4.78, 5) is 34.7. The molecule has 2 aromatic carbocycles. The minimum atomic E-state index is -1.01. The lowest BCUT2D eigenvalue weighted by Crippen LogP contribution is -2.50. The van der Waals surface area contributed by atoms with Crippen LogP contribution in [0.1, 0.15) is 44.9 Å². The number of amides is 2. The van der Waals surface area contributed by atoms with Crippen LogP contribution in [0.4, 0.5) is 5.69 Å². The van der Waals surface area contributed by atoms with E-state index in [-0.39, 0.29) is 12.5 Å². The third kappa shape index (κ3) is 6.84. The van der Waals surface area contributed by atoms with E-state index in [1.165, 1.54) is 9.70 Å². The van der Waals surface area contributed by atoms with Crippen molar-refractivity contribution < 1.29 is 14.3 Å². The van der Waals surface area contributed by atoms with E-state index >= 15 is 0 Å². The van der Waals surface area contributed by atoms with Gasteiger partial charge in [0.1, 0.15) is 18.3 Å². The van der Waals surface area contributed by atoms with Gasteiger partial charge in [0, 0.05) is 23.5 Å². The normalized spacial score (nSPS) is 12.0. The molecular weight excluding hydrogens is 494 g/mol. The molecule has 202 valence electrons. The van der Waals surface area contributed by atoms with Gasteiger partial charge in [-0.05, 0) is 69.7 Å². The zero-order valence-electron chi connectivity index (χ0n) is 22.8.